The summed E-state index contributed by atoms with van der Waals surface area (Å²) in [7, 11) is 0. The first-order valence-electron chi connectivity index (χ1n) is 8.47. The fourth-order valence-corrected chi connectivity index (χ4v) is 3.33. The van der Waals surface area contributed by atoms with Crippen LogP contribution in [0.3, 0.4) is 0 Å². The van der Waals surface area contributed by atoms with Gasteiger partial charge >= 0.3 is 0 Å². The number of hydrogen-bond acceptors (Lipinski definition) is 6. The summed E-state index contributed by atoms with van der Waals surface area (Å²) in [6.45, 7) is 0.577. The summed E-state index contributed by atoms with van der Waals surface area (Å²) in [6, 6.07) is 11.6. The number of rotatable bonds is 3. The lowest BCUT2D eigenvalue weighted by atomic mass is 10.1. The van der Waals surface area contributed by atoms with Crippen LogP contribution in [-0.4, -0.2) is 29.4 Å². The number of nitrogens with zero attached hydrogens (tertiary/aromatic N) is 3. The van der Waals surface area contributed by atoms with Crippen LogP contribution in [0.4, 0.5) is 10.1 Å². The van der Waals surface area contributed by atoms with Crippen molar-refractivity contribution >= 4 is 11.6 Å². The lowest BCUT2D eigenvalue weighted by molar-refractivity contribution is -0.117. The van der Waals surface area contributed by atoms with Gasteiger partial charge in [-0.25, -0.2) is 4.39 Å². The second-order valence-corrected chi connectivity index (χ2v) is 6.38. The number of carbonyl (C=O) groups is 1. The van der Waals surface area contributed by atoms with Crippen LogP contribution in [0.1, 0.15) is 18.2 Å². The van der Waals surface area contributed by atoms with Crippen LogP contribution < -0.4 is 14.4 Å². The molecule has 0 aliphatic carbocycles. The smallest absolute Gasteiger partial charge is 0.232 e. The molecule has 1 aromatic heterocycles. The molecule has 0 radical (unpaired) electrons. The lowest BCUT2D eigenvalue weighted by Gasteiger charge is -2.16. The van der Waals surface area contributed by atoms with Gasteiger partial charge in [0.25, 0.3) is 0 Å². The van der Waals surface area contributed by atoms with Crippen LogP contribution in [0.2, 0.25) is 0 Å². The molecule has 136 valence electrons. The first-order valence-corrected chi connectivity index (χ1v) is 8.47. The van der Waals surface area contributed by atoms with Gasteiger partial charge in [-0.1, -0.05) is 17.3 Å². The average molecular weight is 367 g/mol. The number of fused-ring (bicyclic) bond motifs is 1. The third kappa shape index (κ3) is 2.69. The predicted molar refractivity (Wildman–Crippen MR) is 92.0 cm³/mol. The highest BCUT2D eigenvalue weighted by molar-refractivity contribution is 5.96. The fraction of sp³-hybridized carbons (Fsp3) is 0.211. The molecule has 7 nitrogen and oxygen atoms in total. The number of anilines is 1. The van der Waals surface area contributed by atoms with Crippen molar-refractivity contribution in [2.24, 2.45) is 0 Å². The van der Waals surface area contributed by atoms with Crippen molar-refractivity contribution in [2.75, 3.05) is 18.2 Å². The predicted octanol–water partition coefficient (Wildman–Crippen LogP) is 3.12. The first-order chi connectivity index (χ1) is 13.2. The van der Waals surface area contributed by atoms with Crippen molar-refractivity contribution in [2.45, 2.75) is 12.3 Å². The molecule has 1 fully saturated rings. The Bertz CT molecular complexity index is 1040. The van der Waals surface area contributed by atoms with Crippen LogP contribution >= 0.6 is 0 Å². The summed E-state index contributed by atoms with van der Waals surface area (Å²) in [5.41, 5.74) is 0.991. The Morgan fingerprint density at radius 2 is 1.96 bits per heavy atom. The number of benzene rings is 2. The van der Waals surface area contributed by atoms with E-state index in [0.717, 1.165) is 5.69 Å². The third-order valence-electron chi connectivity index (χ3n) is 4.70. The van der Waals surface area contributed by atoms with Crippen molar-refractivity contribution in [3.63, 3.8) is 0 Å². The second-order valence-electron chi connectivity index (χ2n) is 6.38. The first kappa shape index (κ1) is 15.8. The normalized spacial score (nSPS) is 18.3. The topological polar surface area (TPSA) is 77.7 Å². The number of amides is 1. The number of carbonyl (C=O) groups excluding carboxylic acids is 1. The molecule has 8 heteroatoms. The quantitative estimate of drug-likeness (QED) is 0.708. The number of halogens is 1. The molecule has 2 aliphatic rings. The third-order valence-corrected chi connectivity index (χ3v) is 4.70. The summed E-state index contributed by atoms with van der Waals surface area (Å²) in [5.74, 6) is 1.05. The zero-order chi connectivity index (χ0) is 18.4. The van der Waals surface area contributed by atoms with Gasteiger partial charge in [-0.3, -0.25) is 4.79 Å². The number of hydrogen-bond donors (Lipinski definition) is 0. The maximum atomic E-state index is 13.9. The standard InChI is InChI=1S/C19H14FN3O4/c20-14-4-2-1-3-13(14)18-21-19(27-22-18)11-7-17(24)23(9-11)12-5-6-15-16(8-12)26-10-25-15/h1-6,8,11H,7,9-10H2/t11-/m1/s1. The lowest BCUT2D eigenvalue weighted by Crippen LogP contribution is -2.24. The summed E-state index contributed by atoms with van der Waals surface area (Å²) in [6.07, 6.45) is 0.243. The minimum Gasteiger partial charge on any atom is -0.454 e. The Kier molecular flexibility index (Phi) is 3.56. The van der Waals surface area contributed by atoms with Gasteiger partial charge < -0.3 is 18.9 Å². The van der Waals surface area contributed by atoms with Gasteiger partial charge in [-0.2, -0.15) is 4.98 Å². The fourth-order valence-electron chi connectivity index (χ4n) is 3.33. The highest BCUT2D eigenvalue weighted by atomic mass is 19.1. The molecule has 5 rings (SSSR count). The van der Waals surface area contributed by atoms with Crippen molar-refractivity contribution in [1.82, 2.24) is 10.1 Å². The van der Waals surface area contributed by atoms with E-state index in [0.29, 0.717) is 23.9 Å². The molecular weight excluding hydrogens is 353 g/mol. The maximum absolute atomic E-state index is 13.9. The molecule has 3 heterocycles. The highest BCUT2D eigenvalue weighted by Gasteiger charge is 2.36. The molecule has 1 atom stereocenters. The van der Waals surface area contributed by atoms with Crippen molar-refractivity contribution in [3.8, 4) is 22.9 Å². The van der Waals surface area contributed by atoms with E-state index in [9.17, 15) is 9.18 Å². The minimum absolute atomic E-state index is 0.0514. The van der Waals surface area contributed by atoms with E-state index in [1.807, 2.05) is 6.07 Å². The van der Waals surface area contributed by atoms with Crippen molar-refractivity contribution in [3.05, 3.63) is 54.2 Å². The SMILES string of the molecule is O=C1C[C@@H](c2nc(-c3ccccc3F)no2)CN1c1ccc2c(c1)OCO2. The Balaban J connectivity index is 1.39. The van der Waals surface area contributed by atoms with E-state index in [-0.39, 0.29) is 36.4 Å². The summed E-state index contributed by atoms with van der Waals surface area (Å²) in [4.78, 5) is 18.4. The molecule has 2 aromatic carbocycles. The molecule has 2 aliphatic heterocycles. The van der Waals surface area contributed by atoms with E-state index in [4.69, 9.17) is 14.0 Å². The zero-order valence-corrected chi connectivity index (χ0v) is 14.1. The molecule has 0 N–H and O–H groups in total. The molecule has 0 spiro atoms. The Morgan fingerprint density at radius 3 is 2.85 bits per heavy atom. The van der Waals surface area contributed by atoms with E-state index >= 15 is 0 Å². The number of aromatic nitrogens is 2. The zero-order valence-electron chi connectivity index (χ0n) is 14.1. The van der Waals surface area contributed by atoms with Crippen LogP contribution in [0, 0.1) is 5.82 Å². The summed E-state index contributed by atoms with van der Waals surface area (Å²) >= 11 is 0. The molecule has 1 amide bonds. The average Bonchev–Trinajstić information content (AvgIpc) is 3.40. The van der Waals surface area contributed by atoms with Crippen LogP contribution in [-0.2, 0) is 4.79 Å². The van der Waals surface area contributed by atoms with E-state index in [1.54, 1.807) is 35.2 Å². The molecule has 0 unspecified atom stereocenters. The Labute approximate surface area is 153 Å². The monoisotopic (exact) mass is 367 g/mol. The Hall–Kier alpha value is -3.42. The van der Waals surface area contributed by atoms with Gasteiger partial charge in [-0.15, -0.1) is 0 Å². The largest absolute Gasteiger partial charge is 0.454 e. The molecular formula is C19H14FN3O4. The van der Waals surface area contributed by atoms with Crippen molar-refractivity contribution in [1.29, 1.82) is 0 Å². The number of ether oxygens (including phenoxy) is 2. The van der Waals surface area contributed by atoms with E-state index < -0.39 is 5.82 Å². The van der Waals surface area contributed by atoms with Gasteiger partial charge in [-0.05, 0) is 24.3 Å². The molecule has 0 saturated carbocycles. The van der Waals surface area contributed by atoms with Crippen LogP contribution in [0.5, 0.6) is 11.5 Å². The summed E-state index contributed by atoms with van der Waals surface area (Å²) < 4.78 is 29.9. The molecule has 0 bridgehead atoms. The summed E-state index contributed by atoms with van der Waals surface area (Å²) in [5, 5.41) is 3.87. The van der Waals surface area contributed by atoms with Gasteiger partial charge in [0.2, 0.25) is 24.4 Å². The maximum Gasteiger partial charge on any atom is 0.232 e. The van der Waals surface area contributed by atoms with Gasteiger partial charge in [0.15, 0.2) is 11.5 Å². The van der Waals surface area contributed by atoms with E-state index in [1.165, 1.54) is 6.07 Å². The molecule has 3 aromatic rings. The van der Waals surface area contributed by atoms with Crippen LogP contribution in [0.15, 0.2) is 47.0 Å². The molecule has 27 heavy (non-hydrogen) atoms. The van der Waals surface area contributed by atoms with Crippen molar-refractivity contribution < 1.29 is 23.2 Å². The van der Waals surface area contributed by atoms with Gasteiger partial charge in [0, 0.05) is 24.7 Å². The van der Waals surface area contributed by atoms with E-state index in [2.05, 4.69) is 10.1 Å². The van der Waals surface area contributed by atoms with Gasteiger partial charge in [0.05, 0.1) is 11.5 Å². The Morgan fingerprint density at radius 1 is 1.11 bits per heavy atom. The van der Waals surface area contributed by atoms with Crippen LogP contribution in [0.25, 0.3) is 11.4 Å². The molecule has 1 saturated heterocycles. The second kappa shape index (κ2) is 6.08. The minimum atomic E-state index is -0.422. The van der Waals surface area contributed by atoms with Gasteiger partial charge in [0.1, 0.15) is 5.82 Å². The highest BCUT2D eigenvalue weighted by Crippen LogP contribution is 2.38.